The molecule has 11 heteroatoms. The Hall–Kier alpha value is -3.50. The fourth-order valence-corrected chi connectivity index (χ4v) is 5.28. The van der Waals surface area contributed by atoms with Gasteiger partial charge in [0, 0.05) is 22.9 Å². The molecule has 4 N–H and O–H groups in total. The number of nitrogens with zero attached hydrogens (tertiary/aromatic N) is 3. The van der Waals surface area contributed by atoms with Gasteiger partial charge in [-0.25, -0.2) is 18.7 Å². The van der Waals surface area contributed by atoms with Crippen LogP contribution in [0.15, 0.2) is 36.5 Å². The Balaban J connectivity index is 1.63. The van der Waals surface area contributed by atoms with Crippen molar-refractivity contribution in [3.63, 3.8) is 0 Å². The van der Waals surface area contributed by atoms with Crippen LogP contribution in [0.3, 0.4) is 0 Å². The van der Waals surface area contributed by atoms with Gasteiger partial charge in [-0.15, -0.1) is 0 Å². The summed E-state index contributed by atoms with van der Waals surface area (Å²) in [6, 6.07) is 6.74. The first-order valence-corrected chi connectivity index (χ1v) is 11.5. The topological polar surface area (TPSA) is 107 Å². The lowest BCUT2D eigenvalue weighted by atomic mass is 9.99. The lowest BCUT2D eigenvalue weighted by Gasteiger charge is -2.28. The van der Waals surface area contributed by atoms with E-state index in [1.807, 2.05) is 6.92 Å². The number of carbonyl (C=O) groups is 1. The summed E-state index contributed by atoms with van der Waals surface area (Å²) in [5.74, 6) is -1.40. The van der Waals surface area contributed by atoms with Crippen LogP contribution in [0.2, 0.25) is 5.02 Å². The number of ether oxygens (including phenoxy) is 1. The molecule has 7 nitrogen and oxygen atoms in total. The molecule has 5 rings (SSSR count). The normalized spacial score (nSPS) is 14.6. The van der Waals surface area contributed by atoms with Crippen molar-refractivity contribution in [1.29, 1.82) is 0 Å². The Morgan fingerprint density at radius 1 is 1.21 bits per heavy atom. The summed E-state index contributed by atoms with van der Waals surface area (Å²) in [4.78, 5) is 23.2. The molecule has 1 aliphatic heterocycles. The number of halogens is 3. The summed E-state index contributed by atoms with van der Waals surface area (Å²) in [5, 5.41) is 0.0385. The number of nitrogens with two attached hydrogens (primary N) is 2. The molecule has 3 heterocycles. The predicted octanol–water partition coefficient (Wildman–Crippen LogP) is 5.05. The minimum absolute atomic E-state index is 0.0193. The molecule has 2 aromatic heterocycles. The number of carbonyl (C=O) groups excluding carboxylic acids is 1. The molecular weight excluding hydrogens is 484 g/mol. The molecular formula is C23H18ClF2N5O2S. The Kier molecular flexibility index (Phi) is 5.49. The summed E-state index contributed by atoms with van der Waals surface area (Å²) in [6.07, 6.45) is 1.56. The van der Waals surface area contributed by atoms with Crippen LogP contribution in [-0.4, -0.2) is 33.9 Å². The first kappa shape index (κ1) is 22.3. The predicted molar refractivity (Wildman–Crippen MR) is 128 cm³/mol. The molecule has 0 aliphatic carbocycles. The molecule has 1 atom stereocenters. The van der Waals surface area contributed by atoms with Gasteiger partial charge in [-0.05, 0) is 31.2 Å². The van der Waals surface area contributed by atoms with Crippen molar-refractivity contribution in [2.45, 2.75) is 13.0 Å². The molecule has 1 amide bonds. The molecule has 0 bridgehead atoms. The van der Waals surface area contributed by atoms with Gasteiger partial charge in [-0.2, -0.15) is 0 Å². The van der Waals surface area contributed by atoms with Gasteiger partial charge in [-0.3, -0.25) is 4.79 Å². The second-order valence-corrected chi connectivity index (χ2v) is 9.16. The number of rotatable bonds is 3. The highest BCUT2D eigenvalue weighted by molar-refractivity contribution is 7.22. The second-order valence-electron chi connectivity index (χ2n) is 7.75. The van der Waals surface area contributed by atoms with E-state index in [0.29, 0.717) is 11.4 Å². The molecule has 1 unspecified atom stereocenters. The minimum Gasteiger partial charge on any atom is -0.489 e. The lowest BCUT2D eigenvalue weighted by Crippen LogP contribution is -2.35. The van der Waals surface area contributed by atoms with E-state index in [1.54, 1.807) is 18.3 Å². The van der Waals surface area contributed by atoms with Crippen molar-refractivity contribution >= 4 is 50.0 Å². The molecule has 0 radical (unpaired) electrons. The second kappa shape index (κ2) is 8.37. The standard InChI is InChI=1S/C23H18ClF2N5O2S/c1-10(11-3-2-6-29-21(11)27)31-7-8-33-19-13(22(31)32)9-15(26)16(17(19)24)12-4-5-14(25)20-18(12)30-23(28)34-20/h2-6,9-10H,7-8H2,1H3,(H2,27,29)(H2,28,30). The first-order valence-electron chi connectivity index (χ1n) is 10.3. The monoisotopic (exact) mass is 501 g/mol. The van der Waals surface area contributed by atoms with Crippen molar-refractivity contribution < 1.29 is 18.3 Å². The van der Waals surface area contributed by atoms with Crippen LogP contribution in [0, 0.1) is 11.6 Å². The van der Waals surface area contributed by atoms with E-state index in [9.17, 15) is 9.18 Å². The number of hydrogen-bond acceptors (Lipinski definition) is 7. The zero-order chi connectivity index (χ0) is 24.1. The Labute approximate surface area is 201 Å². The number of fused-ring (bicyclic) bond motifs is 2. The van der Waals surface area contributed by atoms with Gasteiger partial charge in [0.15, 0.2) is 10.9 Å². The molecule has 4 aromatic rings. The number of thiazole rings is 1. The van der Waals surface area contributed by atoms with E-state index in [0.717, 1.165) is 17.4 Å². The Bertz CT molecular complexity index is 1460. The first-order chi connectivity index (χ1) is 16.3. The molecule has 0 spiro atoms. The maximum Gasteiger partial charge on any atom is 0.258 e. The third-order valence-electron chi connectivity index (χ3n) is 5.81. The van der Waals surface area contributed by atoms with Crippen LogP contribution in [0.25, 0.3) is 21.3 Å². The van der Waals surface area contributed by atoms with E-state index in [1.165, 1.54) is 17.0 Å². The zero-order valence-electron chi connectivity index (χ0n) is 17.8. The van der Waals surface area contributed by atoms with Crippen molar-refractivity contribution in [3.8, 4) is 16.9 Å². The Morgan fingerprint density at radius 2 is 2.00 bits per heavy atom. The van der Waals surface area contributed by atoms with Crippen LogP contribution in [-0.2, 0) is 0 Å². The SMILES string of the molecule is CC(c1cccnc1N)N1CCOc2c(cc(F)c(-c3ccc(F)c4sc(N)nc34)c2Cl)C1=O. The molecule has 2 aromatic carbocycles. The molecule has 0 saturated heterocycles. The number of benzene rings is 2. The molecule has 0 saturated carbocycles. The van der Waals surface area contributed by atoms with Gasteiger partial charge in [-0.1, -0.05) is 29.0 Å². The average Bonchev–Trinajstić information content (AvgIpc) is 3.13. The fourth-order valence-electron chi connectivity index (χ4n) is 4.16. The van der Waals surface area contributed by atoms with Crippen LogP contribution in [0.5, 0.6) is 5.75 Å². The van der Waals surface area contributed by atoms with Crippen molar-refractivity contribution in [2.24, 2.45) is 0 Å². The van der Waals surface area contributed by atoms with Gasteiger partial charge < -0.3 is 21.1 Å². The summed E-state index contributed by atoms with van der Waals surface area (Å²) in [7, 11) is 0. The van der Waals surface area contributed by atoms with Gasteiger partial charge in [0.1, 0.15) is 24.1 Å². The number of amides is 1. The summed E-state index contributed by atoms with van der Waals surface area (Å²) < 4.78 is 35.8. The van der Waals surface area contributed by atoms with E-state index < -0.39 is 23.6 Å². The lowest BCUT2D eigenvalue weighted by molar-refractivity contribution is 0.0688. The maximum absolute atomic E-state index is 15.5. The average molecular weight is 502 g/mol. The van der Waals surface area contributed by atoms with Gasteiger partial charge in [0.2, 0.25) is 0 Å². The fraction of sp³-hybridized carbons (Fsp3) is 0.174. The number of nitrogen functional groups attached to an aromatic ring is 2. The van der Waals surface area contributed by atoms with Crippen LogP contribution in [0.4, 0.5) is 19.7 Å². The molecule has 0 fully saturated rings. The minimum atomic E-state index is -0.768. The van der Waals surface area contributed by atoms with E-state index in [-0.39, 0.29) is 56.0 Å². The number of aromatic nitrogens is 2. The smallest absolute Gasteiger partial charge is 0.258 e. The maximum atomic E-state index is 15.5. The third-order valence-corrected chi connectivity index (χ3v) is 7.07. The van der Waals surface area contributed by atoms with Crippen LogP contribution in [0.1, 0.15) is 28.9 Å². The quantitative estimate of drug-likeness (QED) is 0.407. The van der Waals surface area contributed by atoms with E-state index in [2.05, 4.69) is 9.97 Å². The van der Waals surface area contributed by atoms with Crippen molar-refractivity contribution in [2.75, 3.05) is 24.6 Å². The third kappa shape index (κ3) is 3.50. The summed E-state index contributed by atoms with van der Waals surface area (Å²) >= 11 is 7.56. The molecule has 174 valence electrons. The van der Waals surface area contributed by atoms with E-state index in [4.69, 9.17) is 27.8 Å². The van der Waals surface area contributed by atoms with Crippen molar-refractivity contribution in [1.82, 2.24) is 14.9 Å². The largest absolute Gasteiger partial charge is 0.489 e. The number of anilines is 2. The number of pyridine rings is 1. The Morgan fingerprint density at radius 3 is 2.76 bits per heavy atom. The van der Waals surface area contributed by atoms with Gasteiger partial charge >= 0.3 is 0 Å². The summed E-state index contributed by atoms with van der Waals surface area (Å²) in [6.45, 7) is 2.15. The van der Waals surface area contributed by atoms with Crippen LogP contribution >= 0.6 is 22.9 Å². The highest BCUT2D eigenvalue weighted by atomic mass is 35.5. The summed E-state index contributed by atoms with van der Waals surface area (Å²) in [5.41, 5.74) is 12.8. The molecule has 34 heavy (non-hydrogen) atoms. The highest BCUT2D eigenvalue weighted by Gasteiger charge is 2.33. The number of hydrogen-bond donors (Lipinski definition) is 2. The highest BCUT2D eigenvalue weighted by Crippen LogP contribution is 2.45. The van der Waals surface area contributed by atoms with E-state index >= 15 is 4.39 Å². The zero-order valence-corrected chi connectivity index (χ0v) is 19.4. The van der Waals surface area contributed by atoms with Crippen LogP contribution < -0.4 is 16.2 Å². The van der Waals surface area contributed by atoms with Crippen molar-refractivity contribution in [3.05, 3.63) is 64.3 Å². The van der Waals surface area contributed by atoms with Gasteiger partial charge in [0.05, 0.1) is 33.4 Å². The molecule has 1 aliphatic rings. The van der Waals surface area contributed by atoms with Gasteiger partial charge in [0.25, 0.3) is 5.91 Å².